The molecule has 7 nitrogen and oxygen atoms in total. The van der Waals surface area contributed by atoms with Gasteiger partial charge in [0.15, 0.2) is 0 Å². The fourth-order valence-electron chi connectivity index (χ4n) is 4.74. The zero-order valence-electron chi connectivity index (χ0n) is 19.7. The van der Waals surface area contributed by atoms with E-state index in [1.54, 1.807) is 6.20 Å². The Hall–Kier alpha value is -3.79. The average Bonchev–Trinajstić information content (AvgIpc) is 2.83. The molecule has 1 saturated carbocycles. The predicted molar refractivity (Wildman–Crippen MR) is 127 cm³/mol. The third-order valence-electron chi connectivity index (χ3n) is 6.30. The maximum Gasteiger partial charge on any atom is 0.338 e. The standard InChI is InChI=1S/C26H25F3N4O3/c1-13-7-14(9-16(30)8-13)17-5-6-31-12-22(17)33-25(34)21-4-3-18(27)24(32-21)23-19(28)10-15(11-20(23)29)26(35)36-2/h3-6,10-14,16H,7-9,30H2,1-2H3,(H,33,34)/t13-,14+,16-/m0/s1. The van der Waals surface area contributed by atoms with Crippen LogP contribution in [0.1, 0.15) is 58.5 Å². The lowest BCUT2D eigenvalue weighted by molar-refractivity contribution is 0.0599. The number of aromatic nitrogens is 2. The van der Waals surface area contributed by atoms with E-state index in [-0.39, 0.29) is 23.2 Å². The first-order chi connectivity index (χ1) is 17.2. The van der Waals surface area contributed by atoms with Gasteiger partial charge in [0.25, 0.3) is 5.91 Å². The Morgan fingerprint density at radius 2 is 1.78 bits per heavy atom. The number of benzene rings is 1. The number of nitrogens with zero attached hydrogens (tertiary/aromatic N) is 2. The lowest BCUT2D eigenvalue weighted by Crippen LogP contribution is -2.31. The summed E-state index contributed by atoms with van der Waals surface area (Å²) in [7, 11) is 1.06. The highest BCUT2D eigenvalue weighted by Gasteiger charge is 2.28. The quantitative estimate of drug-likeness (QED) is 0.488. The number of methoxy groups -OCH3 is 1. The van der Waals surface area contributed by atoms with Gasteiger partial charge in [-0.1, -0.05) is 6.92 Å². The van der Waals surface area contributed by atoms with Crippen LogP contribution in [0.5, 0.6) is 0 Å². The van der Waals surface area contributed by atoms with E-state index in [4.69, 9.17) is 5.73 Å². The van der Waals surface area contributed by atoms with Crippen molar-refractivity contribution >= 4 is 17.6 Å². The van der Waals surface area contributed by atoms with Gasteiger partial charge in [0.1, 0.15) is 28.8 Å². The lowest BCUT2D eigenvalue weighted by Gasteiger charge is -2.32. The van der Waals surface area contributed by atoms with Gasteiger partial charge in [-0.3, -0.25) is 9.78 Å². The summed E-state index contributed by atoms with van der Waals surface area (Å²) in [5, 5.41) is 2.74. The van der Waals surface area contributed by atoms with Gasteiger partial charge in [-0.15, -0.1) is 0 Å². The van der Waals surface area contributed by atoms with Crippen molar-refractivity contribution in [1.82, 2.24) is 9.97 Å². The van der Waals surface area contributed by atoms with Crippen LogP contribution < -0.4 is 11.1 Å². The number of hydrogen-bond donors (Lipinski definition) is 2. The van der Waals surface area contributed by atoms with Crippen LogP contribution in [-0.2, 0) is 4.74 Å². The van der Waals surface area contributed by atoms with Crippen LogP contribution in [0.25, 0.3) is 11.3 Å². The second-order valence-corrected chi connectivity index (χ2v) is 9.02. The van der Waals surface area contributed by atoms with E-state index in [9.17, 15) is 22.8 Å². The summed E-state index contributed by atoms with van der Waals surface area (Å²) in [5.74, 6) is -4.61. The van der Waals surface area contributed by atoms with Gasteiger partial charge in [0.2, 0.25) is 0 Å². The molecule has 0 unspecified atom stereocenters. The average molecular weight is 499 g/mol. The number of nitrogens with one attached hydrogen (secondary N) is 1. The topological polar surface area (TPSA) is 107 Å². The van der Waals surface area contributed by atoms with Gasteiger partial charge in [0, 0.05) is 12.2 Å². The zero-order valence-corrected chi connectivity index (χ0v) is 19.7. The number of rotatable bonds is 5. The van der Waals surface area contributed by atoms with E-state index >= 15 is 0 Å². The first kappa shape index (κ1) is 25.3. The Bertz CT molecular complexity index is 1280. The van der Waals surface area contributed by atoms with E-state index in [1.165, 1.54) is 6.20 Å². The van der Waals surface area contributed by atoms with Crippen LogP contribution in [0.4, 0.5) is 18.9 Å². The summed E-state index contributed by atoms with van der Waals surface area (Å²) >= 11 is 0. The number of pyridine rings is 2. The molecular formula is C26H25F3N4O3. The van der Waals surface area contributed by atoms with Crippen molar-refractivity contribution in [2.45, 2.75) is 38.1 Å². The van der Waals surface area contributed by atoms with Crippen molar-refractivity contribution in [3.8, 4) is 11.3 Å². The second kappa shape index (κ2) is 10.4. The first-order valence-corrected chi connectivity index (χ1v) is 11.4. The highest BCUT2D eigenvalue weighted by atomic mass is 19.1. The van der Waals surface area contributed by atoms with Gasteiger partial charge in [-0.05, 0) is 67.0 Å². The lowest BCUT2D eigenvalue weighted by atomic mass is 9.76. The Morgan fingerprint density at radius 1 is 1.06 bits per heavy atom. The van der Waals surface area contributed by atoms with E-state index in [2.05, 4.69) is 26.9 Å². The Balaban J connectivity index is 1.65. The fourth-order valence-corrected chi connectivity index (χ4v) is 4.74. The molecule has 3 aromatic rings. The molecule has 0 aliphatic heterocycles. The van der Waals surface area contributed by atoms with E-state index in [0.29, 0.717) is 11.6 Å². The maximum atomic E-state index is 14.7. The molecule has 1 aliphatic rings. The van der Waals surface area contributed by atoms with Crippen molar-refractivity contribution < 1.29 is 27.5 Å². The molecule has 0 spiro atoms. The minimum Gasteiger partial charge on any atom is -0.465 e. The van der Waals surface area contributed by atoms with Gasteiger partial charge in [0.05, 0.1) is 30.1 Å². The van der Waals surface area contributed by atoms with Crippen LogP contribution in [0, 0.1) is 23.4 Å². The largest absolute Gasteiger partial charge is 0.465 e. The van der Waals surface area contributed by atoms with Gasteiger partial charge >= 0.3 is 5.97 Å². The second-order valence-electron chi connectivity index (χ2n) is 9.02. The number of carbonyl (C=O) groups is 2. The molecule has 2 aromatic heterocycles. The van der Waals surface area contributed by atoms with Crippen LogP contribution in [0.3, 0.4) is 0 Å². The molecule has 4 rings (SSSR count). The summed E-state index contributed by atoms with van der Waals surface area (Å²) in [4.78, 5) is 32.6. The summed E-state index contributed by atoms with van der Waals surface area (Å²) in [6.07, 6.45) is 5.73. The molecule has 36 heavy (non-hydrogen) atoms. The highest BCUT2D eigenvalue weighted by Crippen LogP contribution is 2.38. The summed E-state index contributed by atoms with van der Waals surface area (Å²) in [6.45, 7) is 2.13. The molecule has 2 heterocycles. The monoisotopic (exact) mass is 498 g/mol. The van der Waals surface area contributed by atoms with Gasteiger partial charge in [-0.2, -0.15) is 0 Å². The molecular weight excluding hydrogens is 473 g/mol. The number of carbonyl (C=O) groups excluding carboxylic acids is 2. The van der Waals surface area contributed by atoms with Crippen molar-refractivity contribution in [3.63, 3.8) is 0 Å². The number of nitrogens with two attached hydrogens (primary N) is 1. The molecule has 188 valence electrons. The molecule has 1 aliphatic carbocycles. The number of esters is 1. The van der Waals surface area contributed by atoms with Crippen LogP contribution in [-0.4, -0.2) is 35.0 Å². The van der Waals surface area contributed by atoms with Gasteiger partial charge < -0.3 is 15.8 Å². The third-order valence-corrected chi connectivity index (χ3v) is 6.30. The van der Waals surface area contributed by atoms with Crippen molar-refractivity contribution in [2.24, 2.45) is 11.7 Å². The Kier molecular flexibility index (Phi) is 7.35. The van der Waals surface area contributed by atoms with E-state index in [0.717, 1.165) is 56.2 Å². The summed E-state index contributed by atoms with van der Waals surface area (Å²) in [6, 6.07) is 5.32. The Labute approximate surface area is 205 Å². The normalized spacial score (nSPS) is 19.6. The number of halogens is 3. The molecule has 3 N–H and O–H groups in total. The molecule has 1 fully saturated rings. The van der Waals surface area contributed by atoms with Crippen molar-refractivity contribution in [1.29, 1.82) is 0 Å². The van der Waals surface area contributed by atoms with E-state index in [1.807, 2.05) is 6.07 Å². The SMILES string of the molecule is COC(=O)c1cc(F)c(-c2nc(C(=O)Nc3cnccc3[C@@H]3C[C@H](C)C[C@H](N)C3)ccc2F)c(F)c1. The van der Waals surface area contributed by atoms with Gasteiger partial charge in [-0.25, -0.2) is 22.9 Å². The van der Waals surface area contributed by atoms with Crippen LogP contribution in [0.15, 0.2) is 42.7 Å². The van der Waals surface area contributed by atoms with Crippen molar-refractivity contribution in [2.75, 3.05) is 12.4 Å². The number of ether oxygens (including phenoxy) is 1. The highest BCUT2D eigenvalue weighted by molar-refractivity contribution is 6.03. The van der Waals surface area contributed by atoms with E-state index < -0.39 is 40.6 Å². The molecule has 0 radical (unpaired) electrons. The summed E-state index contributed by atoms with van der Waals surface area (Å²) in [5.41, 5.74) is 5.39. The Morgan fingerprint density at radius 3 is 2.44 bits per heavy atom. The smallest absolute Gasteiger partial charge is 0.338 e. The molecule has 3 atom stereocenters. The number of hydrogen-bond acceptors (Lipinski definition) is 6. The zero-order chi connectivity index (χ0) is 26.0. The maximum absolute atomic E-state index is 14.7. The van der Waals surface area contributed by atoms with Crippen LogP contribution in [0.2, 0.25) is 0 Å². The molecule has 1 amide bonds. The number of amides is 1. The molecule has 1 aromatic carbocycles. The van der Waals surface area contributed by atoms with Crippen LogP contribution >= 0.6 is 0 Å². The number of anilines is 1. The predicted octanol–water partition coefficient (Wildman–Crippen LogP) is 4.83. The molecule has 0 bridgehead atoms. The summed E-state index contributed by atoms with van der Waals surface area (Å²) < 4.78 is 48.4. The molecule has 10 heteroatoms. The first-order valence-electron chi connectivity index (χ1n) is 11.4. The third kappa shape index (κ3) is 5.23. The molecule has 0 saturated heterocycles. The van der Waals surface area contributed by atoms with Crippen molar-refractivity contribution in [3.05, 3.63) is 77.0 Å². The fraction of sp³-hybridized carbons (Fsp3) is 0.308. The minimum atomic E-state index is -1.23. The minimum absolute atomic E-state index is 0.0483.